The van der Waals surface area contributed by atoms with Crippen molar-refractivity contribution in [2.45, 2.75) is 10.8 Å². The number of anilines is 1. The molecule has 0 bridgehead atoms. The van der Waals surface area contributed by atoms with Crippen LogP contribution in [0.1, 0.15) is 11.3 Å². The minimum atomic E-state index is -0.567. The van der Waals surface area contributed by atoms with Crippen LogP contribution in [0.3, 0.4) is 0 Å². The number of nitrogens with one attached hydrogen (secondary N) is 1. The number of carbonyl (C=O) groups excluding carboxylic acids is 1. The summed E-state index contributed by atoms with van der Waals surface area (Å²) in [5.74, 6) is 0.563. The van der Waals surface area contributed by atoms with Crippen LogP contribution >= 0.6 is 46.0 Å². The Morgan fingerprint density at radius 2 is 2.06 bits per heavy atom. The lowest BCUT2D eigenvalue weighted by Gasteiger charge is -2.00. The summed E-state index contributed by atoms with van der Waals surface area (Å²) in [4.78, 5) is 13.4. The number of thiophene rings is 1. The Hall–Kier alpha value is -2.90. The van der Waals surface area contributed by atoms with Gasteiger partial charge in [-0.05, 0) is 41.3 Å². The highest BCUT2D eigenvalue weighted by atomic mass is 35.5. The van der Waals surface area contributed by atoms with Crippen LogP contribution in [-0.2, 0) is 10.5 Å². The average Bonchev–Trinajstić information content (AvgIpc) is 3.53. The van der Waals surface area contributed by atoms with Crippen LogP contribution in [0.25, 0.3) is 16.0 Å². The largest absolute Gasteiger partial charge is 0.450 e. The zero-order chi connectivity index (χ0) is 21.6. The van der Waals surface area contributed by atoms with Crippen LogP contribution in [-0.4, -0.2) is 16.1 Å². The standard InChI is InChI=1S/C21H13ClN4O2S3/c22-15-5-3-13(4-6-15)12-30-18-8-7-16(28-18)10-14(11-23)19(27)24-21-26-25-20(31-21)17-2-1-9-29-17/h1-10H,12H2,(H,24,26,27)/b14-10-. The van der Waals surface area contributed by atoms with Gasteiger partial charge in [-0.25, -0.2) is 0 Å². The van der Waals surface area contributed by atoms with E-state index < -0.39 is 5.91 Å². The third-order valence-electron chi connectivity index (χ3n) is 3.93. The molecule has 10 heteroatoms. The van der Waals surface area contributed by atoms with Gasteiger partial charge < -0.3 is 4.42 Å². The van der Waals surface area contributed by atoms with E-state index in [9.17, 15) is 10.1 Å². The maximum atomic E-state index is 12.5. The van der Waals surface area contributed by atoms with Crippen molar-refractivity contribution in [2.75, 3.05) is 5.32 Å². The molecular formula is C21H13ClN4O2S3. The molecule has 0 aliphatic carbocycles. The molecular weight excluding hydrogens is 472 g/mol. The van der Waals surface area contributed by atoms with Gasteiger partial charge in [0.25, 0.3) is 5.91 Å². The Morgan fingerprint density at radius 1 is 1.23 bits per heavy atom. The van der Waals surface area contributed by atoms with Crippen molar-refractivity contribution in [2.24, 2.45) is 0 Å². The first-order chi connectivity index (χ1) is 15.1. The lowest BCUT2D eigenvalue weighted by molar-refractivity contribution is -0.112. The topological polar surface area (TPSA) is 91.8 Å². The van der Waals surface area contributed by atoms with E-state index in [1.165, 1.54) is 40.5 Å². The Balaban J connectivity index is 1.39. The Labute approximate surface area is 195 Å². The first-order valence-electron chi connectivity index (χ1n) is 8.88. The van der Waals surface area contributed by atoms with Crippen molar-refractivity contribution in [1.82, 2.24) is 10.2 Å². The van der Waals surface area contributed by atoms with E-state index in [1.54, 1.807) is 12.1 Å². The van der Waals surface area contributed by atoms with Gasteiger partial charge in [-0.15, -0.1) is 21.5 Å². The van der Waals surface area contributed by atoms with E-state index in [2.05, 4.69) is 15.5 Å². The summed E-state index contributed by atoms with van der Waals surface area (Å²) in [5.41, 5.74) is 1.02. The van der Waals surface area contributed by atoms with Crippen molar-refractivity contribution < 1.29 is 9.21 Å². The molecule has 0 aliphatic rings. The summed E-state index contributed by atoms with van der Waals surface area (Å²) in [6.45, 7) is 0. The first-order valence-corrected chi connectivity index (χ1v) is 11.9. The number of furan rings is 1. The molecule has 1 amide bonds. The van der Waals surface area contributed by atoms with Crippen molar-refractivity contribution >= 4 is 63.2 Å². The van der Waals surface area contributed by atoms with Crippen LogP contribution in [0.5, 0.6) is 0 Å². The number of thioether (sulfide) groups is 1. The van der Waals surface area contributed by atoms with Crippen LogP contribution in [0, 0.1) is 11.3 Å². The Morgan fingerprint density at radius 3 is 2.81 bits per heavy atom. The van der Waals surface area contributed by atoms with Crippen molar-refractivity contribution in [3.8, 4) is 16.0 Å². The SMILES string of the molecule is N#C/C(=C/c1ccc(SCc2ccc(Cl)cc2)o1)C(=O)Nc1nnc(-c2cccs2)s1. The number of amides is 1. The number of hydrogen-bond acceptors (Lipinski definition) is 8. The summed E-state index contributed by atoms with van der Waals surface area (Å²) < 4.78 is 5.72. The molecule has 0 saturated carbocycles. The average molecular weight is 485 g/mol. The predicted molar refractivity (Wildman–Crippen MR) is 125 cm³/mol. The lowest BCUT2D eigenvalue weighted by Crippen LogP contribution is -2.13. The van der Waals surface area contributed by atoms with Gasteiger partial charge in [-0.1, -0.05) is 52.9 Å². The molecule has 1 aromatic carbocycles. The monoisotopic (exact) mass is 484 g/mol. The fourth-order valence-corrected chi connectivity index (χ4v) is 4.93. The van der Waals surface area contributed by atoms with Crippen LogP contribution < -0.4 is 5.32 Å². The number of rotatable bonds is 7. The number of halogens is 1. The molecule has 31 heavy (non-hydrogen) atoms. The molecule has 0 radical (unpaired) electrons. The minimum absolute atomic E-state index is 0.0866. The highest BCUT2D eigenvalue weighted by Crippen LogP contribution is 2.30. The first kappa shape index (κ1) is 21.3. The third kappa shape index (κ3) is 5.62. The second kappa shape index (κ2) is 9.94. The fraction of sp³-hybridized carbons (Fsp3) is 0.0476. The molecule has 4 aromatic rings. The molecule has 3 aromatic heterocycles. The molecule has 0 aliphatic heterocycles. The maximum Gasteiger partial charge on any atom is 0.268 e. The second-order valence-electron chi connectivity index (χ2n) is 6.09. The van der Waals surface area contributed by atoms with Crippen molar-refractivity contribution in [3.63, 3.8) is 0 Å². The minimum Gasteiger partial charge on any atom is -0.450 e. The van der Waals surface area contributed by atoms with Gasteiger partial charge >= 0.3 is 0 Å². The number of benzene rings is 1. The second-order valence-corrected chi connectivity index (χ2v) is 9.43. The smallest absolute Gasteiger partial charge is 0.268 e. The van der Waals surface area contributed by atoms with Gasteiger partial charge in [0.15, 0.2) is 10.1 Å². The highest BCUT2D eigenvalue weighted by Gasteiger charge is 2.15. The Bertz CT molecular complexity index is 1250. The molecule has 1 N–H and O–H groups in total. The normalized spacial score (nSPS) is 11.3. The molecule has 0 unspecified atom stereocenters. The molecule has 3 heterocycles. The lowest BCUT2D eigenvalue weighted by atomic mass is 10.2. The zero-order valence-electron chi connectivity index (χ0n) is 15.7. The van der Waals surface area contributed by atoms with E-state index in [-0.39, 0.29) is 5.57 Å². The van der Waals surface area contributed by atoms with Gasteiger partial charge in [0.1, 0.15) is 17.4 Å². The van der Waals surface area contributed by atoms with Gasteiger partial charge in [0.05, 0.1) is 4.88 Å². The maximum absolute atomic E-state index is 12.5. The number of hydrogen-bond donors (Lipinski definition) is 1. The van der Waals surface area contributed by atoms with Crippen LogP contribution in [0.15, 0.2) is 69.0 Å². The summed E-state index contributed by atoms with van der Waals surface area (Å²) >= 11 is 10.2. The summed E-state index contributed by atoms with van der Waals surface area (Å²) in [6, 6.07) is 16.9. The van der Waals surface area contributed by atoms with E-state index in [1.807, 2.05) is 47.8 Å². The predicted octanol–water partition coefficient (Wildman–Crippen LogP) is 6.35. The number of nitriles is 1. The van der Waals surface area contributed by atoms with Gasteiger partial charge in [0.2, 0.25) is 5.13 Å². The summed E-state index contributed by atoms with van der Waals surface area (Å²) in [6.07, 6.45) is 1.41. The highest BCUT2D eigenvalue weighted by molar-refractivity contribution is 7.98. The molecule has 6 nitrogen and oxygen atoms in total. The van der Waals surface area contributed by atoms with E-state index in [0.29, 0.717) is 31.8 Å². The third-order valence-corrected chi connectivity index (χ3v) is 7.04. The van der Waals surface area contributed by atoms with E-state index >= 15 is 0 Å². The fourth-order valence-electron chi connectivity index (χ4n) is 2.45. The van der Waals surface area contributed by atoms with E-state index in [4.69, 9.17) is 16.0 Å². The number of aromatic nitrogens is 2. The van der Waals surface area contributed by atoms with Crippen LogP contribution in [0.4, 0.5) is 5.13 Å². The molecule has 4 rings (SSSR count). The molecule has 0 spiro atoms. The number of carbonyl (C=O) groups is 1. The van der Waals surface area contributed by atoms with E-state index in [0.717, 1.165) is 10.4 Å². The van der Waals surface area contributed by atoms with Crippen molar-refractivity contribution in [1.29, 1.82) is 5.26 Å². The molecule has 154 valence electrons. The summed E-state index contributed by atoms with van der Waals surface area (Å²) in [7, 11) is 0. The molecule has 0 saturated heterocycles. The van der Waals surface area contributed by atoms with Crippen molar-refractivity contribution in [3.05, 3.63) is 75.8 Å². The molecule has 0 atom stereocenters. The van der Waals surface area contributed by atoms with Gasteiger partial charge in [-0.3, -0.25) is 10.1 Å². The van der Waals surface area contributed by atoms with Gasteiger partial charge in [0, 0.05) is 16.9 Å². The quantitative estimate of drug-likeness (QED) is 0.186. The van der Waals surface area contributed by atoms with Gasteiger partial charge in [-0.2, -0.15) is 5.26 Å². The Kier molecular flexibility index (Phi) is 6.84. The zero-order valence-corrected chi connectivity index (χ0v) is 18.9. The molecule has 0 fully saturated rings. The number of nitrogens with zero attached hydrogens (tertiary/aromatic N) is 3. The summed E-state index contributed by atoms with van der Waals surface area (Å²) in [5, 5.41) is 24.4. The van der Waals surface area contributed by atoms with Crippen LogP contribution in [0.2, 0.25) is 5.02 Å².